The normalized spacial score (nSPS) is 10.8. The number of allylic oxidation sites excluding steroid dienone is 1. The fraction of sp³-hybridized carbons (Fsp3) is 0.167. The topological polar surface area (TPSA) is 20.3 Å². The molecule has 0 aliphatic heterocycles. The molecule has 0 radical (unpaired) electrons. The minimum absolute atomic E-state index is 0.118. The zero-order valence-corrected chi connectivity index (χ0v) is 12.8. The molecule has 0 saturated heterocycles. The first kappa shape index (κ1) is 15.3. The van der Waals surface area contributed by atoms with Crippen LogP contribution in [0.3, 0.4) is 0 Å². The van der Waals surface area contributed by atoms with Gasteiger partial charge in [-0.2, -0.15) is 0 Å². The number of carbonyl (C=O) groups excluding carboxylic acids is 1. The van der Waals surface area contributed by atoms with Crippen molar-refractivity contribution < 1.29 is 4.79 Å². The first-order valence-corrected chi connectivity index (χ1v) is 7.25. The molecule has 0 atom stereocenters. The lowest BCUT2D eigenvalue weighted by molar-refractivity contribution is -0.114. The molecule has 0 saturated carbocycles. The van der Waals surface area contributed by atoms with E-state index in [9.17, 15) is 4.79 Å². The molecule has 0 aliphatic carbocycles. The molecule has 108 valence electrons. The Bertz CT molecular complexity index is 605. The van der Waals surface area contributed by atoms with Gasteiger partial charge in [0.25, 0.3) is 0 Å². The first-order chi connectivity index (χ1) is 10.1. The van der Waals surface area contributed by atoms with Gasteiger partial charge in [-0.1, -0.05) is 48.0 Å². The Morgan fingerprint density at radius 1 is 1.10 bits per heavy atom. The molecule has 3 heteroatoms. The van der Waals surface area contributed by atoms with E-state index in [2.05, 4.69) is 4.90 Å². The number of hydrogen-bond acceptors (Lipinski definition) is 2. The molecule has 2 aromatic rings. The summed E-state index contributed by atoms with van der Waals surface area (Å²) < 4.78 is 0. The van der Waals surface area contributed by atoms with Gasteiger partial charge in [0.2, 0.25) is 0 Å². The van der Waals surface area contributed by atoms with Crippen LogP contribution in [0, 0.1) is 0 Å². The molecule has 21 heavy (non-hydrogen) atoms. The molecule has 0 N–H and O–H groups in total. The van der Waals surface area contributed by atoms with Crippen LogP contribution in [-0.2, 0) is 4.79 Å². The van der Waals surface area contributed by atoms with Crippen LogP contribution in [0.15, 0.2) is 60.7 Å². The molecular formula is C18H18ClNO. The summed E-state index contributed by atoms with van der Waals surface area (Å²) in [5.74, 6) is 0.118. The van der Waals surface area contributed by atoms with Gasteiger partial charge in [0.15, 0.2) is 5.78 Å². The van der Waals surface area contributed by atoms with E-state index in [1.165, 1.54) is 0 Å². The van der Waals surface area contributed by atoms with Gasteiger partial charge in [-0.05, 0) is 35.9 Å². The second kappa shape index (κ2) is 7.65. The second-order valence-electron chi connectivity index (χ2n) is 4.86. The zero-order chi connectivity index (χ0) is 15.1. The number of benzene rings is 2. The molecule has 0 heterocycles. The van der Waals surface area contributed by atoms with Crippen LogP contribution in [0.2, 0.25) is 5.02 Å². The number of anilines is 1. The third-order valence-electron chi connectivity index (χ3n) is 3.22. The monoisotopic (exact) mass is 299 g/mol. The van der Waals surface area contributed by atoms with Gasteiger partial charge in [0.05, 0.1) is 0 Å². The molecule has 0 bridgehead atoms. The van der Waals surface area contributed by atoms with Crippen molar-refractivity contribution in [3.05, 3.63) is 71.3 Å². The highest BCUT2D eigenvalue weighted by molar-refractivity contribution is 6.30. The van der Waals surface area contributed by atoms with Gasteiger partial charge < -0.3 is 4.90 Å². The lowest BCUT2D eigenvalue weighted by atomic mass is 10.1. The molecule has 2 rings (SSSR count). The van der Waals surface area contributed by atoms with Crippen molar-refractivity contribution in [2.75, 3.05) is 18.5 Å². The van der Waals surface area contributed by atoms with Gasteiger partial charge in [0.1, 0.15) is 0 Å². The maximum absolute atomic E-state index is 11.9. The van der Waals surface area contributed by atoms with Crippen molar-refractivity contribution in [2.24, 2.45) is 0 Å². The second-order valence-corrected chi connectivity index (χ2v) is 5.29. The third kappa shape index (κ3) is 5.09. The number of nitrogens with zero attached hydrogens (tertiary/aromatic N) is 1. The van der Waals surface area contributed by atoms with E-state index in [1.807, 2.05) is 67.7 Å². The summed E-state index contributed by atoms with van der Waals surface area (Å²) in [5, 5.41) is 0.697. The van der Waals surface area contributed by atoms with Crippen LogP contribution in [0.25, 0.3) is 6.08 Å². The Morgan fingerprint density at radius 2 is 1.76 bits per heavy atom. The van der Waals surface area contributed by atoms with Crippen molar-refractivity contribution in [3.63, 3.8) is 0 Å². The van der Waals surface area contributed by atoms with Gasteiger partial charge in [-0.3, -0.25) is 4.79 Å². The smallest absolute Gasteiger partial charge is 0.157 e. The van der Waals surface area contributed by atoms with Crippen LogP contribution in [0.1, 0.15) is 12.0 Å². The zero-order valence-electron chi connectivity index (χ0n) is 12.0. The highest BCUT2D eigenvalue weighted by Crippen LogP contribution is 2.12. The van der Waals surface area contributed by atoms with Gasteiger partial charge in [-0.15, -0.1) is 0 Å². The first-order valence-electron chi connectivity index (χ1n) is 6.88. The average Bonchev–Trinajstić information content (AvgIpc) is 2.53. The minimum atomic E-state index is 0.118. The standard InChI is InChI=1S/C18H18ClNO/c1-20(17-5-3-2-4-6-17)14-13-18(21)12-9-15-7-10-16(19)11-8-15/h2-12H,13-14H2,1H3. The summed E-state index contributed by atoms with van der Waals surface area (Å²) in [7, 11) is 1.99. The summed E-state index contributed by atoms with van der Waals surface area (Å²) in [5.41, 5.74) is 2.09. The molecule has 2 nitrogen and oxygen atoms in total. The third-order valence-corrected chi connectivity index (χ3v) is 3.47. The van der Waals surface area contributed by atoms with Crippen LogP contribution >= 0.6 is 11.6 Å². The lowest BCUT2D eigenvalue weighted by Gasteiger charge is -2.18. The molecule has 0 spiro atoms. The summed E-state index contributed by atoms with van der Waals surface area (Å²) in [6, 6.07) is 17.5. The van der Waals surface area contributed by atoms with Crippen LogP contribution in [0.5, 0.6) is 0 Å². The average molecular weight is 300 g/mol. The van der Waals surface area contributed by atoms with Crippen LogP contribution in [-0.4, -0.2) is 19.4 Å². The highest BCUT2D eigenvalue weighted by atomic mass is 35.5. The predicted octanol–water partition coefficient (Wildman–Crippen LogP) is 4.45. The van der Waals surface area contributed by atoms with Crippen molar-refractivity contribution in [3.8, 4) is 0 Å². The Balaban J connectivity index is 1.83. The van der Waals surface area contributed by atoms with Crippen LogP contribution < -0.4 is 4.90 Å². The van der Waals surface area contributed by atoms with Gasteiger partial charge >= 0.3 is 0 Å². The Morgan fingerprint density at radius 3 is 2.43 bits per heavy atom. The highest BCUT2D eigenvalue weighted by Gasteiger charge is 2.02. The minimum Gasteiger partial charge on any atom is -0.374 e. The van der Waals surface area contributed by atoms with Gasteiger partial charge in [0, 0.05) is 30.7 Å². The summed E-state index contributed by atoms with van der Waals surface area (Å²) >= 11 is 5.82. The van der Waals surface area contributed by atoms with E-state index in [-0.39, 0.29) is 5.78 Å². The summed E-state index contributed by atoms with van der Waals surface area (Å²) in [4.78, 5) is 14.0. The molecule has 0 aliphatic rings. The van der Waals surface area contributed by atoms with Crippen molar-refractivity contribution >= 4 is 29.1 Å². The molecule has 0 amide bonds. The van der Waals surface area contributed by atoms with E-state index >= 15 is 0 Å². The maximum Gasteiger partial charge on any atom is 0.157 e. The molecule has 0 fully saturated rings. The number of para-hydroxylation sites is 1. The quantitative estimate of drug-likeness (QED) is 0.735. The summed E-state index contributed by atoms with van der Waals surface area (Å²) in [6.45, 7) is 0.702. The van der Waals surface area contributed by atoms with E-state index in [4.69, 9.17) is 11.6 Å². The largest absolute Gasteiger partial charge is 0.374 e. The predicted molar refractivity (Wildman–Crippen MR) is 89.8 cm³/mol. The fourth-order valence-electron chi connectivity index (χ4n) is 1.94. The number of halogens is 1. The summed E-state index contributed by atoms with van der Waals surface area (Å²) in [6.07, 6.45) is 3.94. The van der Waals surface area contributed by atoms with E-state index < -0.39 is 0 Å². The van der Waals surface area contributed by atoms with E-state index in [0.717, 1.165) is 11.3 Å². The SMILES string of the molecule is CN(CCC(=O)C=Cc1ccc(Cl)cc1)c1ccccc1. The molecule has 2 aromatic carbocycles. The lowest BCUT2D eigenvalue weighted by Crippen LogP contribution is -2.20. The van der Waals surface area contributed by atoms with Crippen molar-refractivity contribution in [1.82, 2.24) is 0 Å². The van der Waals surface area contributed by atoms with E-state index in [1.54, 1.807) is 6.08 Å². The number of ketones is 1. The van der Waals surface area contributed by atoms with E-state index in [0.29, 0.717) is 18.0 Å². The molecule has 0 aromatic heterocycles. The number of rotatable bonds is 6. The fourth-order valence-corrected chi connectivity index (χ4v) is 2.06. The molecule has 0 unspecified atom stereocenters. The number of carbonyl (C=O) groups is 1. The van der Waals surface area contributed by atoms with Crippen molar-refractivity contribution in [1.29, 1.82) is 0 Å². The maximum atomic E-state index is 11.9. The van der Waals surface area contributed by atoms with Gasteiger partial charge in [-0.25, -0.2) is 0 Å². The Kier molecular flexibility index (Phi) is 5.59. The number of hydrogen-bond donors (Lipinski definition) is 0. The van der Waals surface area contributed by atoms with Crippen molar-refractivity contribution in [2.45, 2.75) is 6.42 Å². The Hall–Kier alpha value is -2.06. The van der Waals surface area contributed by atoms with Crippen LogP contribution in [0.4, 0.5) is 5.69 Å². The molecular weight excluding hydrogens is 282 g/mol. The Labute approximate surface area is 130 Å².